The minimum Gasteiger partial charge on any atom is -0.434 e. The first-order valence-electron chi connectivity index (χ1n) is 8.16. The molecule has 27 heavy (non-hydrogen) atoms. The number of alkyl halides is 2. The van der Waals surface area contributed by atoms with E-state index in [1.54, 1.807) is 23.6 Å². The number of nitrogens with zero attached hydrogens (tertiary/aromatic N) is 2. The topological polar surface area (TPSA) is 64.1 Å². The molecule has 0 aliphatic heterocycles. The van der Waals surface area contributed by atoms with E-state index in [1.165, 1.54) is 28.7 Å². The molecule has 0 atom stereocenters. The molecule has 0 unspecified atom stereocenters. The van der Waals surface area contributed by atoms with Crippen molar-refractivity contribution in [1.29, 1.82) is 0 Å². The van der Waals surface area contributed by atoms with Crippen LogP contribution in [0.4, 0.5) is 13.9 Å². The minimum absolute atomic E-state index is 0.0411. The van der Waals surface area contributed by atoms with Gasteiger partial charge in [0, 0.05) is 22.2 Å². The number of benzene rings is 1. The molecule has 0 fully saturated rings. The summed E-state index contributed by atoms with van der Waals surface area (Å²) in [6, 6.07) is 6.41. The molecule has 5 nitrogen and oxygen atoms in total. The summed E-state index contributed by atoms with van der Waals surface area (Å²) in [6.07, 6.45) is 0.156. The molecule has 2 aromatic heterocycles. The third-order valence-electron chi connectivity index (χ3n) is 3.53. The van der Waals surface area contributed by atoms with E-state index in [-0.39, 0.29) is 18.1 Å². The number of nitrogens with one attached hydrogen (secondary N) is 1. The average Bonchev–Trinajstić information content (AvgIpc) is 3.24. The number of halogens is 2. The number of hydrogen-bond donors (Lipinski definition) is 1. The summed E-state index contributed by atoms with van der Waals surface area (Å²) in [5, 5.41) is 7.66. The maximum Gasteiger partial charge on any atom is 0.387 e. The van der Waals surface area contributed by atoms with Crippen LogP contribution in [0.1, 0.15) is 30.5 Å². The van der Waals surface area contributed by atoms with Gasteiger partial charge in [-0.1, -0.05) is 26.0 Å². The predicted molar refractivity (Wildman–Crippen MR) is 103 cm³/mol. The molecule has 1 N–H and O–H groups in total. The molecule has 3 rings (SSSR count). The number of anilines is 1. The van der Waals surface area contributed by atoms with Crippen molar-refractivity contribution in [2.45, 2.75) is 32.8 Å². The van der Waals surface area contributed by atoms with Gasteiger partial charge in [0.1, 0.15) is 5.75 Å². The van der Waals surface area contributed by atoms with Crippen molar-refractivity contribution in [3.05, 3.63) is 45.7 Å². The molecule has 0 spiro atoms. The standard InChI is InChI=1S/C18H17F2N3O2S2/c1-10(2)16-21-11(8-26-16)7-15(24)23-18-22-13(9-27-18)12-5-3-4-6-14(12)25-17(19)20/h3-6,8-10,17H,7H2,1-2H3,(H,22,23,24). The van der Waals surface area contributed by atoms with Gasteiger partial charge < -0.3 is 10.1 Å². The highest BCUT2D eigenvalue weighted by atomic mass is 32.1. The molecule has 0 aliphatic rings. The smallest absolute Gasteiger partial charge is 0.387 e. The van der Waals surface area contributed by atoms with Gasteiger partial charge in [0.15, 0.2) is 5.13 Å². The Morgan fingerprint density at radius 2 is 1.96 bits per heavy atom. The maximum absolute atomic E-state index is 12.5. The van der Waals surface area contributed by atoms with Crippen LogP contribution in [0.15, 0.2) is 35.0 Å². The SMILES string of the molecule is CC(C)c1nc(CC(=O)Nc2nc(-c3ccccc3OC(F)F)cs2)cs1. The summed E-state index contributed by atoms with van der Waals surface area (Å²) in [4.78, 5) is 21.0. The van der Waals surface area contributed by atoms with Gasteiger partial charge >= 0.3 is 6.61 Å². The van der Waals surface area contributed by atoms with Crippen molar-refractivity contribution in [2.24, 2.45) is 0 Å². The van der Waals surface area contributed by atoms with E-state index in [9.17, 15) is 13.6 Å². The molecule has 0 bridgehead atoms. The van der Waals surface area contributed by atoms with Gasteiger partial charge in [-0.15, -0.1) is 22.7 Å². The Balaban J connectivity index is 1.68. The predicted octanol–water partition coefficient (Wildman–Crippen LogP) is 5.17. The molecule has 9 heteroatoms. The molecule has 0 aliphatic carbocycles. The first kappa shape index (κ1) is 19.4. The van der Waals surface area contributed by atoms with Gasteiger partial charge in [-0.3, -0.25) is 4.79 Å². The van der Waals surface area contributed by atoms with Crippen LogP contribution < -0.4 is 10.1 Å². The van der Waals surface area contributed by atoms with Gasteiger partial charge in [-0.25, -0.2) is 9.97 Å². The Morgan fingerprint density at radius 3 is 2.67 bits per heavy atom. The largest absolute Gasteiger partial charge is 0.434 e. The summed E-state index contributed by atoms with van der Waals surface area (Å²) in [6.45, 7) is 1.18. The Labute approximate surface area is 163 Å². The lowest BCUT2D eigenvalue weighted by atomic mass is 10.1. The molecule has 1 aromatic carbocycles. The first-order chi connectivity index (χ1) is 12.9. The van der Waals surface area contributed by atoms with Crippen LogP contribution in [-0.4, -0.2) is 22.5 Å². The number of rotatable bonds is 7. The number of ether oxygens (including phenoxy) is 1. The van der Waals surface area contributed by atoms with Crippen molar-refractivity contribution in [2.75, 3.05) is 5.32 Å². The Morgan fingerprint density at radius 1 is 1.19 bits per heavy atom. The summed E-state index contributed by atoms with van der Waals surface area (Å²) in [5.41, 5.74) is 1.62. The molecule has 142 valence electrons. The molecule has 0 saturated carbocycles. The van der Waals surface area contributed by atoms with E-state index in [0.717, 1.165) is 5.01 Å². The van der Waals surface area contributed by atoms with E-state index in [0.29, 0.717) is 28.0 Å². The molecule has 0 saturated heterocycles. The zero-order valence-electron chi connectivity index (χ0n) is 14.6. The van der Waals surface area contributed by atoms with Crippen LogP contribution in [-0.2, 0) is 11.2 Å². The van der Waals surface area contributed by atoms with E-state index in [4.69, 9.17) is 0 Å². The second kappa shape index (κ2) is 8.53. The minimum atomic E-state index is -2.92. The Bertz CT molecular complexity index is 925. The van der Waals surface area contributed by atoms with Gasteiger partial charge in [-0.05, 0) is 12.1 Å². The van der Waals surface area contributed by atoms with Gasteiger partial charge in [0.25, 0.3) is 0 Å². The average molecular weight is 409 g/mol. The molecule has 0 radical (unpaired) electrons. The Kier molecular flexibility index (Phi) is 6.12. The number of carbonyl (C=O) groups excluding carboxylic acids is 1. The molecule has 2 heterocycles. The summed E-state index contributed by atoms with van der Waals surface area (Å²) < 4.78 is 29.6. The molecular weight excluding hydrogens is 392 g/mol. The highest BCUT2D eigenvalue weighted by Gasteiger charge is 2.15. The zero-order valence-corrected chi connectivity index (χ0v) is 16.2. The lowest BCUT2D eigenvalue weighted by molar-refractivity contribution is -0.115. The lowest BCUT2D eigenvalue weighted by Crippen LogP contribution is -2.14. The van der Waals surface area contributed by atoms with E-state index in [2.05, 4.69) is 33.9 Å². The number of carbonyl (C=O) groups is 1. The van der Waals surface area contributed by atoms with Crippen LogP contribution in [0.2, 0.25) is 0 Å². The monoisotopic (exact) mass is 409 g/mol. The van der Waals surface area contributed by atoms with Gasteiger partial charge in [0.2, 0.25) is 5.91 Å². The number of para-hydroxylation sites is 1. The van der Waals surface area contributed by atoms with Crippen LogP contribution in [0.5, 0.6) is 5.75 Å². The fourth-order valence-corrected chi connectivity index (χ4v) is 3.89. The van der Waals surface area contributed by atoms with Gasteiger partial charge in [0.05, 0.1) is 22.8 Å². The van der Waals surface area contributed by atoms with Crippen LogP contribution in [0.3, 0.4) is 0 Å². The third-order valence-corrected chi connectivity index (χ3v) is 5.49. The normalized spacial score (nSPS) is 11.2. The van der Waals surface area contributed by atoms with Crippen molar-refractivity contribution in [1.82, 2.24) is 9.97 Å². The van der Waals surface area contributed by atoms with E-state index in [1.807, 2.05) is 5.38 Å². The second-order valence-electron chi connectivity index (χ2n) is 5.97. The number of amides is 1. The zero-order chi connectivity index (χ0) is 19.4. The van der Waals surface area contributed by atoms with E-state index >= 15 is 0 Å². The summed E-state index contributed by atoms with van der Waals surface area (Å²) in [7, 11) is 0. The molecular formula is C18H17F2N3O2S2. The third kappa shape index (κ3) is 5.08. The highest BCUT2D eigenvalue weighted by molar-refractivity contribution is 7.14. The van der Waals surface area contributed by atoms with Crippen molar-refractivity contribution >= 4 is 33.7 Å². The van der Waals surface area contributed by atoms with E-state index < -0.39 is 6.61 Å². The first-order valence-corrected chi connectivity index (χ1v) is 9.92. The van der Waals surface area contributed by atoms with Crippen molar-refractivity contribution in [3.63, 3.8) is 0 Å². The quantitative estimate of drug-likeness (QED) is 0.585. The highest BCUT2D eigenvalue weighted by Crippen LogP contribution is 2.33. The molecule has 3 aromatic rings. The fourth-order valence-electron chi connectivity index (χ4n) is 2.33. The van der Waals surface area contributed by atoms with Gasteiger partial charge in [-0.2, -0.15) is 8.78 Å². The van der Waals surface area contributed by atoms with Crippen molar-refractivity contribution < 1.29 is 18.3 Å². The van der Waals surface area contributed by atoms with Crippen LogP contribution in [0.25, 0.3) is 11.3 Å². The number of aromatic nitrogens is 2. The molecule has 1 amide bonds. The fraction of sp³-hybridized carbons (Fsp3) is 0.278. The summed E-state index contributed by atoms with van der Waals surface area (Å²) in [5.74, 6) is 0.136. The van der Waals surface area contributed by atoms with Crippen LogP contribution >= 0.6 is 22.7 Å². The number of hydrogen-bond acceptors (Lipinski definition) is 6. The Hall–Kier alpha value is -2.39. The number of thiazole rings is 2. The van der Waals surface area contributed by atoms with Crippen LogP contribution in [0, 0.1) is 0 Å². The van der Waals surface area contributed by atoms with Crippen molar-refractivity contribution in [3.8, 4) is 17.0 Å². The summed E-state index contributed by atoms with van der Waals surface area (Å²) >= 11 is 2.75. The maximum atomic E-state index is 12.5. The second-order valence-corrected chi connectivity index (χ2v) is 7.72. The lowest BCUT2D eigenvalue weighted by Gasteiger charge is -2.08.